The molecule has 1 heterocycles. The molecule has 1 atom stereocenters. The summed E-state index contributed by atoms with van der Waals surface area (Å²) in [5.74, 6) is -0.843. The number of rotatable bonds is 4. The van der Waals surface area contributed by atoms with Crippen LogP contribution in [0.2, 0.25) is 0 Å². The summed E-state index contributed by atoms with van der Waals surface area (Å²) in [7, 11) is 2.08. The lowest BCUT2D eigenvalue weighted by atomic mass is 10.1. The largest absolute Gasteiger partial charge is 0.480 e. The maximum absolute atomic E-state index is 11.4. The second-order valence-corrected chi connectivity index (χ2v) is 5.10. The molecule has 0 bridgehead atoms. The molecule has 1 aliphatic heterocycles. The van der Waals surface area contributed by atoms with Gasteiger partial charge < -0.3 is 10.0 Å². The minimum atomic E-state index is -0.843. The highest BCUT2D eigenvalue weighted by molar-refractivity contribution is 5.75. The first-order valence-electron chi connectivity index (χ1n) is 6.55. The number of likely N-dealkylation sites (N-methyl/N-ethyl adjacent to an activating group) is 1. The van der Waals surface area contributed by atoms with Gasteiger partial charge in [-0.25, -0.2) is 10.4 Å². The standard InChI is InChI=1S/C14H21N3O2/c1-11-4-3-5-12(10-11)13(14(18)19)15-17-8-6-16(2)7-9-17/h3-5,10,13,15H,6-9H2,1-2H3,(H,18,19). The zero-order chi connectivity index (χ0) is 13.8. The Balaban J connectivity index is 2.06. The van der Waals surface area contributed by atoms with Crippen LogP contribution >= 0.6 is 0 Å². The van der Waals surface area contributed by atoms with Gasteiger partial charge in [-0.15, -0.1) is 0 Å². The van der Waals surface area contributed by atoms with Crippen LogP contribution in [0, 0.1) is 6.92 Å². The molecule has 0 aliphatic carbocycles. The van der Waals surface area contributed by atoms with Gasteiger partial charge in [0, 0.05) is 26.2 Å². The van der Waals surface area contributed by atoms with Crippen LogP contribution in [-0.4, -0.2) is 54.2 Å². The Kier molecular flexibility index (Phi) is 4.52. The summed E-state index contributed by atoms with van der Waals surface area (Å²) in [6.07, 6.45) is 0. The number of hydrogen-bond acceptors (Lipinski definition) is 4. The van der Waals surface area contributed by atoms with E-state index in [1.54, 1.807) is 0 Å². The minimum Gasteiger partial charge on any atom is -0.480 e. The topological polar surface area (TPSA) is 55.8 Å². The number of carbonyl (C=O) groups is 1. The Labute approximate surface area is 113 Å². The van der Waals surface area contributed by atoms with Crippen LogP contribution in [0.3, 0.4) is 0 Å². The average Bonchev–Trinajstić information content (AvgIpc) is 2.37. The van der Waals surface area contributed by atoms with Gasteiger partial charge in [-0.05, 0) is 19.5 Å². The molecule has 0 saturated carbocycles. The van der Waals surface area contributed by atoms with Crippen molar-refractivity contribution < 1.29 is 9.90 Å². The van der Waals surface area contributed by atoms with Gasteiger partial charge in [0.2, 0.25) is 0 Å². The first-order chi connectivity index (χ1) is 9.06. The quantitative estimate of drug-likeness (QED) is 0.844. The number of piperazine rings is 1. The third-order valence-corrected chi connectivity index (χ3v) is 3.44. The average molecular weight is 263 g/mol. The van der Waals surface area contributed by atoms with E-state index in [2.05, 4.69) is 17.4 Å². The van der Waals surface area contributed by atoms with Crippen molar-refractivity contribution in [3.05, 3.63) is 35.4 Å². The second-order valence-electron chi connectivity index (χ2n) is 5.10. The molecule has 2 N–H and O–H groups in total. The van der Waals surface area contributed by atoms with E-state index in [0.717, 1.165) is 37.3 Å². The predicted octanol–water partition coefficient (Wildman–Crippen LogP) is 0.873. The van der Waals surface area contributed by atoms with Crippen molar-refractivity contribution in [1.82, 2.24) is 15.3 Å². The molecule has 2 rings (SSSR count). The van der Waals surface area contributed by atoms with Gasteiger partial charge in [0.05, 0.1) is 0 Å². The zero-order valence-corrected chi connectivity index (χ0v) is 11.5. The SMILES string of the molecule is Cc1cccc(C(NN2CCN(C)CC2)C(=O)O)c1. The van der Waals surface area contributed by atoms with Crippen molar-refractivity contribution in [2.75, 3.05) is 33.2 Å². The van der Waals surface area contributed by atoms with Crippen molar-refractivity contribution in [2.45, 2.75) is 13.0 Å². The molecule has 0 amide bonds. The number of benzene rings is 1. The molecule has 1 aromatic carbocycles. The van der Waals surface area contributed by atoms with E-state index in [-0.39, 0.29) is 0 Å². The summed E-state index contributed by atoms with van der Waals surface area (Å²) in [4.78, 5) is 13.7. The number of aliphatic carboxylic acids is 1. The van der Waals surface area contributed by atoms with Gasteiger partial charge in [0.1, 0.15) is 6.04 Å². The highest BCUT2D eigenvalue weighted by Crippen LogP contribution is 2.16. The summed E-state index contributed by atoms with van der Waals surface area (Å²) in [6.45, 7) is 5.55. The lowest BCUT2D eigenvalue weighted by Crippen LogP contribution is -2.52. The minimum absolute atomic E-state index is 0.677. The molecule has 5 heteroatoms. The van der Waals surface area contributed by atoms with Crippen molar-refractivity contribution in [1.29, 1.82) is 0 Å². The molecule has 1 unspecified atom stereocenters. The highest BCUT2D eigenvalue weighted by atomic mass is 16.4. The summed E-state index contributed by atoms with van der Waals surface area (Å²) >= 11 is 0. The van der Waals surface area contributed by atoms with E-state index < -0.39 is 12.0 Å². The Morgan fingerprint density at radius 1 is 1.32 bits per heavy atom. The van der Waals surface area contributed by atoms with E-state index in [1.165, 1.54) is 0 Å². The van der Waals surface area contributed by atoms with E-state index in [1.807, 2.05) is 36.2 Å². The van der Waals surface area contributed by atoms with E-state index >= 15 is 0 Å². The maximum atomic E-state index is 11.4. The molecule has 1 aromatic rings. The van der Waals surface area contributed by atoms with Crippen molar-refractivity contribution in [2.24, 2.45) is 0 Å². The fourth-order valence-corrected chi connectivity index (χ4v) is 2.24. The fraction of sp³-hybridized carbons (Fsp3) is 0.500. The van der Waals surface area contributed by atoms with Crippen LogP contribution < -0.4 is 5.43 Å². The Morgan fingerprint density at radius 2 is 2.00 bits per heavy atom. The molecule has 0 radical (unpaired) electrons. The number of nitrogens with one attached hydrogen (secondary N) is 1. The van der Waals surface area contributed by atoms with Gasteiger partial charge in [0.25, 0.3) is 0 Å². The normalized spacial score (nSPS) is 19.3. The predicted molar refractivity (Wildman–Crippen MR) is 73.8 cm³/mol. The summed E-state index contributed by atoms with van der Waals surface area (Å²) in [6, 6.07) is 6.96. The Hall–Kier alpha value is -1.43. The highest BCUT2D eigenvalue weighted by Gasteiger charge is 2.24. The van der Waals surface area contributed by atoms with Gasteiger partial charge in [-0.2, -0.15) is 0 Å². The van der Waals surface area contributed by atoms with Crippen LogP contribution in [0.4, 0.5) is 0 Å². The third kappa shape index (κ3) is 3.76. The van der Waals surface area contributed by atoms with Gasteiger partial charge in [-0.3, -0.25) is 4.79 Å². The molecule has 19 heavy (non-hydrogen) atoms. The molecule has 104 valence electrons. The van der Waals surface area contributed by atoms with Crippen molar-refractivity contribution in [3.8, 4) is 0 Å². The Morgan fingerprint density at radius 3 is 2.58 bits per heavy atom. The van der Waals surface area contributed by atoms with Crippen LogP contribution in [-0.2, 0) is 4.79 Å². The van der Waals surface area contributed by atoms with E-state index in [4.69, 9.17) is 0 Å². The first kappa shape index (κ1) is 14.0. The maximum Gasteiger partial charge on any atom is 0.326 e. The zero-order valence-electron chi connectivity index (χ0n) is 11.5. The molecule has 1 aliphatic rings. The number of carboxylic acid groups (broad SMARTS) is 1. The van der Waals surface area contributed by atoms with Crippen molar-refractivity contribution in [3.63, 3.8) is 0 Å². The van der Waals surface area contributed by atoms with Gasteiger partial charge in [0.15, 0.2) is 0 Å². The molecular weight excluding hydrogens is 242 g/mol. The molecule has 1 saturated heterocycles. The molecule has 0 spiro atoms. The summed E-state index contributed by atoms with van der Waals surface area (Å²) in [5.41, 5.74) is 5.00. The van der Waals surface area contributed by atoms with Crippen LogP contribution in [0.5, 0.6) is 0 Å². The number of nitrogens with zero attached hydrogens (tertiary/aromatic N) is 2. The number of aryl methyl sites for hydroxylation is 1. The lowest BCUT2D eigenvalue weighted by Gasteiger charge is -2.34. The van der Waals surface area contributed by atoms with E-state index in [9.17, 15) is 9.90 Å². The molecule has 5 nitrogen and oxygen atoms in total. The molecule has 0 aromatic heterocycles. The monoisotopic (exact) mass is 263 g/mol. The Bertz CT molecular complexity index is 442. The summed E-state index contributed by atoms with van der Waals surface area (Å²) < 4.78 is 0. The third-order valence-electron chi connectivity index (χ3n) is 3.44. The lowest BCUT2D eigenvalue weighted by molar-refractivity contribution is -0.141. The molecular formula is C14H21N3O2. The van der Waals surface area contributed by atoms with Crippen LogP contribution in [0.1, 0.15) is 17.2 Å². The second kappa shape index (κ2) is 6.14. The summed E-state index contributed by atoms with van der Waals surface area (Å²) in [5, 5.41) is 11.4. The smallest absolute Gasteiger partial charge is 0.326 e. The number of hydrogen-bond donors (Lipinski definition) is 2. The van der Waals surface area contributed by atoms with Gasteiger partial charge in [-0.1, -0.05) is 29.8 Å². The molecule has 1 fully saturated rings. The first-order valence-corrected chi connectivity index (χ1v) is 6.55. The fourth-order valence-electron chi connectivity index (χ4n) is 2.24. The van der Waals surface area contributed by atoms with Crippen LogP contribution in [0.25, 0.3) is 0 Å². The van der Waals surface area contributed by atoms with E-state index in [0.29, 0.717) is 0 Å². The van der Waals surface area contributed by atoms with Crippen molar-refractivity contribution >= 4 is 5.97 Å². The van der Waals surface area contributed by atoms with Gasteiger partial charge >= 0.3 is 5.97 Å². The number of carboxylic acids is 1. The number of hydrazine groups is 1. The van der Waals surface area contributed by atoms with Crippen LogP contribution in [0.15, 0.2) is 24.3 Å².